The molecular weight excluding hydrogens is 310 g/mol. The Hall–Kier alpha value is -2.73. The molecule has 0 saturated carbocycles. The lowest BCUT2D eigenvalue weighted by Crippen LogP contribution is -2.27. The Morgan fingerprint density at radius 2 is 2.04 bits per heavy atom. The Balaban J connectivity index is 1.93. The summed E-state index contributed by atoms with van der Waals surface area (Å²) in [7, 11) is 3.32. The van der Waals surface area contributed by atoms with E-state index in [-0.39, 0.29) is 5.91 Å². The van der Waals surface area contributed by atoms with Gasteiger partial charge in [0.2, 0.25) is 0 Å². The van der Waals surface area contributed by atoms with E-state index in [9.17, 15) is 4.79 Å². The van der Waals surface area contributed by atoms with Crippen LogP contribution < -0.4 is 9.64 Å². The third-order valence-corrected chi connectivity index (χ3v) is 4.26. The first-order valence-corrected chi connectivity index (χ1v) is 7.85. The van der Waals surface area contributed by atoms with E-state index in [0.29, 0.717) is 11.4 Å². The summed E-state index contributed by atoms with van der Waals surface area (Å²) in [6.45, 7) is 0. The highest BCUT2D eigenvalue weighted by Gasteiger charge is 2.21. The van der Waals surface area contributed by atoms with Crippen molar-refractivity contribution in [1.82, 2.24) is 9.97 Å². The second-order valence-corrected chi connectivity index (χ2v) is 5.67. The smallest absolute Gasteiger partial charge is 0.278 e. The van der Waals surface area contributed by atoms with Crippen molar-refractivity contribution < 1.29 is 9.53 Å². The zero-order valence-electron chi connectivity index (χ0n) is 12.8. The van der Waals surface area contributed by atoms with Gasteiger partial charge >= 0.3 is 0 Å². The molecule has 0 aliphatic carbocycles. The van der Waals surface area contributed by atoms with E-state index in [1.807, 2.05) is 42.5 Å². The summed E-state index contributed by atoms with van der Waals surface area (Å²) < 4.78 is 5.21. The minimum atomic E-state index is -0.180. The molecular formula is C17H15N3O2S. The lowest BCUT2D eigenvalue weighted by Gasteiger charge is -2.17. The average molecular weight is 325 g/mol. The number of benzene rings is 1. The molecule has 0 aliphatic rings. The van der Waals surface area contributed by atoms with Gasteiger partial charge in [-0.15, -0.1) is 11.3 Å². The number of hydrogen-bond acceptors (Lipinski definition) is 5. The Kier molecular flexibility index (Phi) is 4.34. The van der Waals surface area contributed by atoms with Crippen LogP contribution in [0, 0.1) is 0 Å². The molecule has 23 heavy (non-hydrogen) atoms. The highest BCUT2D eigenvalue weighted by atomic mass is 32.1. The molecule has 6 heteroatoms. The Bertz CT molecular complexity index is 817. The van der Waals surface area contributed by atoms with E-state index in [1.165, 1.54) is 11.3 Å². The van der Waals surface area contributed by atoms with Gasteiger partial charge in [0.05, 0.1) is 23.2 Å². The molecule has 0 spiro atoms. The molecule has 5 nitrogen and oxygen atoms in total. The van der Waals surface area contributed by atoms with E-state index < -0.39 is 0 Å². The van der Waals surface area contributed by atoms with Gasteiger partial charge in [-0.25, -0.2) is 4.98 Å². The molecule has 0 unspecified atom stereocenters. The quantitative estimate of drug-likeness (QED) is 0.737. The second kappa shape index (κ2) is 6.58. The molecule has 2 heterocycles. The summed E-state index contributed by atoms with van der Waals surface area (Å²) in [4.78, 5) is 23.7. The molecule has 1 aromatic carbocycles. The molecule has 0 fully saturated rings. The number of ether oxygens (including phenoxy) is 1. The predicted molar refractivity (Wildman–Crippen MR) is 91.1 cm³/mol. The fraction of sp³-hybridized carbons (Fsp3) is 0.118. The fourth-order valence-corrected chi connectivity index (χ4v) is 2.93. The lowest BCUT2D eigenvalue weighted by molar-refractivity contribution is 0.0989. The maximum absolute atomic E-state index is 12.8. The largest absolute Gasteiger partial charge is 0.497 e. The maximum Gasteiger partial charge on any atom is 0.278 e. The zero-order valence-corrected chi connectivity index (χ0v) is 13.6. The van der Waals surface area contributed by atoms with Crippen LogP contribution >= 0.6 is 11.3 Å². The van der Waals surface area contributed by atoms with Gasteiger partial charge in [0.1, 0.15) is 11.4 Å². The molecule has 116 valence electrons. The van der Waals surface area contributed by atoms with Gasteiger partial charge in [0, 0.05) is 25.0 Å². The molecule has 2 aromatic heterocycles. The Labute approximate surface area is 138 Å². The van der Waals surface area contributed by atoms with Crippen molar-refractivity contribution in [1.29, 1.82) is 0 Å². The summed E-state index contributed by atoms with van der Waals surface area (Å²) in [5.74, 6) is 0.519. The minimum absolute atomic E-state index is 0.180. The summed E-state index contributed by atoms with van der Waals surface area (Å²) in [5, 5.41) is 0. The number of carbonyl (C=O) groups is 1. The third-order valence-electron chi connectivity index (χ3n) is 3.41. The summed E-state index contributed by atoms with van der Waals surface area (Å²) >= 11 is 1.41. The standard InChI is InChI=1S/C17H15N3O2S/c1-20(12-6-5-7-13(10-12)22-2)17(21)15-16(23-11-19-15)14-8-3-4-9-18-14/h3-11H,1-2H3. The SMILES string of the molecule is COc1cccc(N(C)C(=O)c2ncsc2-c2ccccn2)c1. The molecule has 0 atom stereocenters. The van der Waals surface area contributed by atoms with Crippen LogP contribution in [0.2, 0.25) is 0 Å². The molecule has 3 aromatic rings. The molecule has 0 saturated heterocycles. The number of hydrogen-bond donors (Lipinski definition) is 0. The fourth-order valence-electron chi connectivity index (χ4n) is 2.17. The highest BCUT2D eigenvalue weighted by Crippen LogP contribution is 2.28. The van der Waals surface area contributed by atoms with Gasteiger partial charge in [-0.1, -0.05) is 12.1 Å². The van der Waals surface area contributed by atoms with E-state index in [0.717, 1.165) is 16.3 Å². The van der Waals surface area contributed by atoms with Crippen LogP contribution in [0.5, 0.6) is 5.75 Å². The van der Waals surface area contributed by atoms with Gasteiger partial charge in [-0.2, -0.15) is 0 Å². The molecule has 3 rings (SSSR count). The summed E-state index contributed by atoms with van der Waals surface area (Å²) in [5.41, 5.74) is 3.56. The molecule has 0 aliphatic heterocycles. The van der Waals surface area contributed by atoms with Crippen molar-refractivity contribution in [3.63, 3.8) is 0 Å². The topological polar surface area (TPSA) is 55.3 Å². The van der Waals surface area contributed by atoms with Crippen molar-refractivity contribution in [3.8, 4) is 16.3 Å². The van der Waals surface area contributed by atoms with Gasteiger partial charge in [0.25, 0.3) is 5.91 Å². The predicted octanol–water partition coefficient (Wildman–Crippen LogP) is 3.49. The van der Waals surface area contributed by atoms with E-state index >= 15 is 0 Å². The van der Waals surface area contributed by atoms with Crippen LogP contribution in [0.4, 0.5) is 5.69 Å². The monoisotopic (exact) mass is 325 g/mol. The van der Waals surface area contributed by atoms with Gasteiger partial charge < -0.3 is 9.64 Å². The van der Waals surface area contributed by atoms with Crippen molar-refractivity contribution in [2.45, 2.75) is 0 Å². The number of rotatable bonds is 4. The first kappa shape index (κ1) is 15.2. The number of pyridine rings is 1. The first-order valence-electron chi connectivity index (χ1n) is 6.97. The third kappa shape index (κ3) is 3.07. The highest BCUT2D eigenvalue weighted by molar-refractivity contribution is 7.13. The van der Waals surface area contributed by atoms with Crippen LogP contribution in [-0.2, 0) is 0 Å². The normalized spacial score (nSPS) is 10.3. The van der Waals surface area contributed by atoms with E-state index in [2.05, 4.69) is 9.97 Å². The number of amides is 1. The van der Waals surface area contributed by atoms with E-state index in [1.54, 1.807) is 30.8 Å². The summed E-state index contributed by atoms with van der Waals surface area (Å²) in [6.07, 6.45) is 1.70. The number of nitrogens with zero attached hydrogens (tertiary/aromatic N) is 3. The first-order chi connectivity index (χ1) is 11.2. The van der Waals surface area contributed by atoms with Gasteiger partial charge in [0.15, 0.2) is 0 Å². The van der Waals surface area contributed by atoms with Gasteiger partial charge in [-0.3, -0.25) is 9.78 Å². The number of aromatic nitrogens is 2. The number of thiazole rings is 1. The summed E-state index contributed by atoms with van der Waals surface area (Å²) in [6, 6.07) is 13.0. The van der Waals surface area contributed by atoms with Crippen molar-refractivity contribution in [2.24, 2.45) is 0 Å². The van der Waals surface area contributed by atoms with Crippen LogP contribution in [0.25, 0.3) is 10.6 Å². The van der Waals surface area contributed by atoms with Crippen LogP contribution in [0.15, 0.2) is 54.2 Å². The van der Waals surface area contributed by atoms with Gasteiger partial charge in [-0.05, 0) is 24.3 Å². The zero-order chi connectivity index (χ0) is 16.2. The Morgan fingerprint density at radius 1 is 1.17 bits per heavy atom. The van der Waals surface area contributed by atoms with Crippen LogP contribution in [-0.4, -0.2) is 30.0 Å². The maximum atomic E-state index is 12.8. The minimum Gasteiger partial charge on any atom is -0.497 e. The number of carbonyl (C=O) groups excluding carboxylic acids is 1. The second-order valence-electron chi connectivity index (χ2n) is 4.81. The van der Waals surface area contributed by atoms with Crippen molar-refractivity contribution >= 4 is 22.9 Å². The number of anilines is 1. The number of methoxy groups -OCH3 is 1. The molecule has 1 amide bonds. The van der Waals surface area contributed by atoms with E-state index in [4.69, 9.17) is 4.74 Å². The van der Waals surface area contributed by atoms with Crippen molar-refractivity contribution in [2.75, 3.05) is 19.1 Å². The molecule has 0 N–H and O–H groups in total. The molecule has 0 bridgehead atoms. The average Bonchev–Trinajstić information content (AvgIpc) is 3.11. The Morgan fingerprint density at radius 3 is 2.78 bits per heavy atom. The van der Waals surface area contributed by atoms with Crippen LogP contribution in [0.1, 0.15) is 10.5 Å². The lowest BCUT2D eigenvalue weighted by atomic mass is 10.2. The molecule has 0 radical (unpaired) electrons. The van der Waals surface area contributed by atoms with Crippen LogP contribution in [0.3, 0.4) is 0 Å². The van der Waals surface area contributed by atoms with Crippen molar-refractivity contribution in [3.05, 3.63) is 59.9 Å².